The van der Waals surface area contributed by atoms with E-state index in [9.17, 15) is 18.0 Å². The highest BCUT2D eigenvalue weighted by Crippen LogP contribution is 2.34. The van der Waals surface area contributed by atoms with E-state index < -0.39 is 15.4 Å². The highest BCUT2D eigenvalue weighted by atomic mass is 32.2. The second-order valence-electron chi connectivity index (χ2n) is 8.33. The number of benzene rings is 2. The van der Waals surface area contributed by atoms with Crippen LogP contribution < -0.4 is 14.9 Å². The van der Waals surface area contributed by atoms with Gasteiger partial charge >= 0.3 is 0 Å². The second kappa shape index (κ2) is 8.10. The molecule has 7 nitrogen and oxygen atoms in total. The molecule has 0 atom stereocenters. The molecule has 0 aliphatic carbocycles. The molecule has 0 unspecified atom stereocenters. The minimum atomic E-state index is -3.78. The van der Waals surface area contributed by atoms with Gasteiger partial charge < -0.3 is 10.2 Å². The van der Waals surface area contributed by atoms with Crippen LogP contribution in [-0.2, 0) is 26.0 Å². The highest BCUT2D eigenvalue weighted by molar-refractivity contribution is 7.92. The number of sulfonamides is 1. The SMILES string of the molecule is CCC(=O)Nc1ccc(S(=O)(=O)Nc2ccc3c(c2)CCN3C(=O)C(C)(C)C)cc1. The number of carbonyl (C=O) groups excluding carboxylic acids is 2. The molecule has 2 amide bonds. The first-order chi connectivity index (χ1) is 14.0. The van der Waals surface area contributed by atoms with E-state index in [2.05, 4.69) is 10.0 Å². The lowest BCUT2D eigenvalue weighted by molar-refractivity contribution is -0.125. The Labute approximate surface area is 177 Å². The zero-order valence-corrected chi connectivity index (χ0v) is 18.5. The molecular weight excluding hydrogens is 402 g/mol. The van der Waals surface area contributed by atoms with Crippen molar-refractivity contribution in [2.75, 3.05) is 21.5 Å². The van der Waals surface area contributed by atoms with Gasteiger partial charge in [-0.05, 0) is 54.4 Å². The molecule has 2 aromatic carbocycles. The zero-order chi connectivity index (χ0) is 22.1. The summed E-state index contributed by atoms with van der Waals surface area (Å²) in [6.45, 7) is 7.98. The van der Waals surface area contributed by atoms with Crippen molar-refractivity contribution < 1.29 is 18.0 Å². The molecule has 30 heavy (non-hydrogen) atoms. The monoisotopic (exact) mass is 429 g/mol. The van der Waals surface area contributed by atoms with Crippen molar-refractivity contribution in [3.63, 3.8) is 0 Å². The van der Waals surface area contributed by atoms with E-state index in [1.54, 1.807) is 42.2 Å². The van der Waals surface area contributed by atoms with E-state index >= 15 is 0 Å². The number of rotatable bonds is 5. The first-order valence-electron chi connectivity index (χ1n) is 9.89. The molecule has 8 heteroatoms. The van der Waals surface area contributed by atoms with Gasteiger partial charge in [0.2, 0.25) is 11.8 Å². The summed E-state index contributed by atoms with van der Waals surface area (Å²) in [7, 11) is -3.78. The number of fused-ring (bicyclic) bond motifs is 1. The van der Waals surface area contributed by atoms with Crippen LogP contribution in [-0.4, -0.2) is 26.8 Å². The standard InChI is InChI=1S/C22H27N3O4S/c1-5-20(26)23-16-6-9-18(10-7-16)30(28,29)24-17-8-11-19-15(14-17)12-13-25(19)21(27)22(2,3)4/h6-11,14,24H,5,12-13H2,1-4H3,(H,23,26). The quantitative estimate of drug-likeness (QED) is 0.756. The van der Waals surface area contributed by atoms with Crippen LogP contribution in [0.15, 0.2) is 47.4 Å². The zero-order valence-electron chi connectivity index (χ0n) is 17.7. The summed E-state index contributed by atoms with van der Waals surface area (Å²) >= 11 is 0. The Morgan fingerprint density at radius 1 is 1.03 bits per heavy atom. The molecule has 0 saturated carbocycles. The van der Waals surface area contributed by atoms with Gasteiger partial charge in [0.1, 0.15) is 0 Å². The van der Waals surface area contributed by atoms with Crippen molar-refractivity contribution in [3.8, 4) is 0 Å². The largest absolute Gasteiger partial charge is 0.326 e. The normalized spacial score (nSPS) is 13.7. The van der Waals surface area contributed by atoms with E-state index in [0.717, 1.165) is 11.3 Å². The topological polar surface area (TPSA) is 95.6 Å². The van der Waals surface area contributed by atoms with Crippen LogP contribution in [0.1, 0.15) is 39.7 Å². The van der Waals surface area contributed by atoms with E-state index in [1.165, 1.54) is 12.1 Å². The third kappa shape index (κ3) is 4.64. The Bertz CT molecular complexity index is 1070. The minimum absolute atomic E-state index is 0.0461. The molecule has 0 radical (unpaired) electrons. The van der Waals surface area contributed by atoms with E-state index in [4.69, 9.17) is 0 Å². The Hall–Kier alpha value is -2.87. The Morgan fingerprint density at radius 3 is 2.27 bits per heavy atom. The fourth-order valence-electron chi connectivity index (χ4n) is 3.26. The van der Waals surface area contributed by atoms with Crippen LogP contribution in [0.4, 0.5) is 17.1 Å². The molecule has 3 rings (SSSR count). The Morgan fingerprint density at radius 2 is 1.67 bits per heavy atom. The molecule has 0 fully saturated rings. The van der Waals surface area contributed by atoms with Crippen LogP contribution >= 0.6 is 0 Å². The average molecular weight is 430 g/mol. The van der Waals surface area contributed by atoms with Crippen molar-refractivity contribution in [1.29, 1.82) is 0 Å². The van der Waals surface area contributed by atoms with Crippen LogP contribution in [0.2, 0.25) is 0 Å². The van der Waals surface area contributed by atoms with E-state index in [0.29, 0.717) is 30.8 Å². The molecular formula is C22H27N3O4S. The van der Waals surface area contributed by atoms with Gasteiger partial charge in [0, 0.05) is 35.4 Å². The summed E-state index contributed by atoms with van der Waals surface area (Å²) in [5, 5.41) is 2.69. The maximum atomic E-state index is 12.7. The molecule has 2 N–H and O–H groups in total. The summed E-state index contributed by atoms with van der Waals surface area (Å²) in [4.78, 5) is 25.9. The fraction of sp³-hybridized carbons (Fsp3) is 0.364. The van der Waals surface area contributed by atoms with Crippen LogP contribution in [0.3, 0.4) is 0 Å². The third-order valence-electron chi connectivity index (χ3n) is 4.88. The molecule has 160 valence electrons. The smallest absolute Gasteiger partial charge is 0.261 e. The lowest BCUT2D eigenvalue weighted by atomic mass is 9.94. The van der Waals surface area contributed by atoms with Gasteiger partial charge in [0.25, 0.3) is 10.0 Å². The van der Waals surface area contributed by atoms with Gasteiger partial charge in [-0.3, -0.25) is 14.3 Å². The summed E-state index contributed by atoms with van der Waals surface area (Å²) in [5.74, 6) is -0.0920. The number of carbonyl (C=O) groups is 2. The average Bonchev–Trinajstić information content (AvgIpc) is 3.09. The van der Waals surface area contributed by atoms with Crippen molar-refractivity contribution in [2.24, 2.45) is 5.41 Å². The maximum Gasteiger partial charge on any atom is 0.261 e. The number of hydrogen-bond acceptors (Lipinski definition) is 4. The van der Waals surface area contributed by atoms with Gasteiger partial charge in [0.05, 0.1) is 4.90 Å². The van der Waals surface area contributed by atoms with Crippen LogP contribution in [0.25, 0.3) is 0 Å². The number of nitrogens with zero attached hydrogens (tertiary/aromatic N) is 1. The lowest BCUT2D eigenvalue weighted by Crippen LogP contribution is -2.38. The molecule has 1 aliphatic heterocycles. The summed E-state index contributed by atoms with van der Waals surface area (Å²) in [6, 6.07) is 11.2. The summed E-state index contributed by atoms with van der Waals surface area (Å²) in [5.41, 5.74) is 2.27. The van der Waals surface area contributed by atoms with Gasteiger partial charge in [0.15, 0.2) is 0 Å². The first-order valence-corrected chi connectivity index (χ1v) is 11.4. The number of amides is 2. The van der Waals surface area contributed by atoms with Crippen LogP contribution in [0.5, 0.6) is 0 Å². The predicted molar refractivity (Wildman–Crippen MR) is 118 cm³/mol. The fourth-order valence-corrected chi connectivity index (χ4v) is 4.31. The van der Waals surface area contributed by atoms with Gasteiger partial charge in [-0.25, -0.2) is 8.42 Å². The van der Waals surface area contributed by atoms with Crippen molar-refractivity contribution in [2.45, 2.75) is 45.4 Å². The molecule has 1 heterocycles. The van der Waals surface area contributed by atoms with Crippen molar-refractivity contribution in [3.05, 3.63) is 48.0 Å². The molecule has 0 bridgehead atoms. The molecule has 0 aromatic heterocycles. The molecule has 0 spiro atoms. The van der Waals surface area contributed by atoms with E-state index in [1.807, 2.05) is 20.8 Å². The minimum Gasteiger partial charge on any atom is -0.326 e. The third-order valence-corrected chi connectivity index (χ3v) is 6.28. The van der Waals surface area contributed by atoms with Gasteiger partial charge in [-0.2, -0.15) is 0 Å². The van der Waals surface area contributed by atoms with Gasteiger partial charge in [-0.1, -0.05) is 27.7 Å². The predicted octanol–water partition coefficient (Wildman–Crippen LogP) is 3.77. The van der Waals surface area contributed by atoms with Gasteiger partial charge in [-0.15, -0.1) is 0 Å². The Kier molecular flexibility index (Phi) is 5.90. The molecule has 2 aromatic rings. The Balaban J connectivity index is 1.77. The summed E-state index contributed by atoms with van der Waals surface area (Å²) in [6.07, 6.45) is 1.03. The number of hydrogen-bond donors (Lipinski definition) is 2. The van der Waals surface area contributed by atoms with E-state index in [-0.39, 0.29) is 16.7 Å². The highest BCUT2D eigenvalue weighted by Gasteiger charge is 2.32. The van der Waals surface area contributed by atoms with Crippen molar-refractivity contribution in [1.82, 2.24) is 0 Å². The molecule has 0 saturated heterocycles. The lowest BCUT2D eigenvalue weighted by Gasteiger charge is -2.26. The summed E-state index contributed by atoms with van der Waals surface area (Å²) < 4.78 is 28.1. The maximum absolute atomic E-state index is 12.7. The first kappa shape index (κ1) is 21.8. The number of anilines is 3. The second-order valence-corrected chi connectivity index (χ2v) is 10.0. The van der Waals surface area contributed by atoms with Crippen molar-refractivity contribution >= 4 is 38.9 Å². The van der Waals surface area contributed by atoms with Crippen LogP contribution in [0, 0.1) is 5.41 Å². The molecule has 1 aliphatic rings. The number of nitrogens with one attached hydrogen (secondary N) is 2.